The Morgan fingerprint density at radius 2 is 2.00 bits per heavy atom. The van der Waals surface area contributed by atoms with Crippen LogP contribution in [0.4, 0.5) is 0 Å². The number of hydrogen-bond donors (Lipinski definition) is 0. The van der Waals surface area contributed by atoms with E-state index in [1.54, 1.807) is 36.4 Å². The lowest BCUT2D eigenvalue weighted by Gasteiger charge is -2.26. The van der Waals surface area contributed by atoms with Crippen LogP contribution in [0.1, 0.15) is 28.8 Å². The molecule has 1 aromatic rings. The van der Waals surface area contributed by atoms with Gasteiger partial charge in [0.05, 0.1) is 19.2 Å². The molecule has 0 unspecified atom stereocenters. The predicted molar refractivity (Wildman–Crippen MR) is 92.5 cm³/mol. The first-order chi connectivity index (χ1) is 12.6. The number of esters is 1. The summed E-state index contributed by atoms with van der Waals surface area (Å²) in [7, 11) is 2.89. The van der Waals surface area contributed by atoms with E-state index in [1.807, 2.05) is 0 Å². The van der Waals surface area contributed by atoms with E-state index in [4.69, 9.17) is 18.9 Å². The van der Waals surface area contributed by atoms with Crippen LogP contribution in [0.3, 0.4) is 0 Å². The number of hydrogen-bond acceptors (Lipinski definition) is 6. The van der Waals surface area contributed by atoms with E-state index in [-0.39, 0.29) is 18.4 Å². The second-order valence-corrected chi connectivity index (χ2v) is 6.30. The average molecular weight is 361 g/mol. The van der Waals surface area contributed by atoms with Crippen molar-refractivity contribution in [3.63, 3.8) is 0 Å². The van der Waals surface area contributed by atoms with Crippen molar-refractivity contribution < 1.29 is 28.5 Å². The van der Waals surface area contributed by atoms with Gasteiger partial charge < -0.3 is 23.8 Å². The number of fused-ring (bicyclic) bond motifs is 1. The Morgan fingerprint density at radius 1 is 1.23 bits per heavy atom. The van der Waals surface area contributed by atoms with Crippen molar-refractivity contribution in [3.8, 4) is 5.75 Å². The monoisotopic (exact) mass is 361 g/mol. The third-order valence-corrected chi connectivity index (χ3v) is 4.51. The summed E-state index contributed by atoms with van der Waals surface area (Å²) in [5.74, 6) is 0.593. The van der Waals surface area contributed by atoms with Gasteiger partial charge >= 0.3 is 5.97 Å². The molecular weight excluding hydrogens is 338 g/mol. The quantitative estimate of drug-likeness (QED) is 0.765. The van der Waals surface area contributed by atoms with E-state index in [2.05, 4.69) is 0 Å². The standard InChI is InChI=1S/C19H23NO6/c1-23-12-16-11-20(18(21)13-5-7-25-8-6-13)10-15-4-3-14(19(22)24-2)9-17(15)26-16/h3-4,9,11,13H,5-8,10,12H2,1-2H3. The van der Waals surface area contributed by atoms with Crippen LogP contribution in [0.25, 0.3) is 0 Å². The molecule has 1 aromatic carbocycles. The summed E-state index contributed by atoms with van der Waals surface area (Å²) in [5.41, 5.74) is 1.22. The molecule has 0 aliphatic carbocycles. The Balaban J connectivity index is 1.88. The van der Waals surface area contributed by atoms with E-state index in [0.717, 1.165) is 18.4 Å². The average Bonchev–Trinajstić information content (AvgIpc) is 2.86. The summed E-state index contributed by atoms with van der Waals surface area (Å²) in [5, 5.41) is 0. The molecule has 7 heteroatoms. The Kier molecular flexibility index (Phi) is 5.90. The maximum atomic E-state index is 12.9. The van der Waals surface area contributed by atoms with E-state index in [9.17, 15) is 9.59 Å². The SMILES string of the molecule is COCC1=CN(C(=O)C2CCOCC2)Cc2ccc(C(=O)OC)cc2O1. The Morgan fingerprint density at radius 3 is 2.69 bits per heavy atom. The predicted octanol–water partition coefficient (Wildman–Crippen LogP) is 2.11. The molecule has 1 fully saturated rings. The van der Waals surface area contributed by atoms with Crippen molar-refractivity contribution in [2.45, 2.75) is 19.4 Å². The molecule has 1 saturated heterocycles. The summed E-state index contributed by atoms with van der Waals surface area (Å²) in [6, 6.07) is 5.09. The second-order valence-electron chi connectivity index (χ2n) is 6.30. The highest BCUT2D eigenvalue weighted by molar-refractivity contribution is 5.90. The minimum absolute atomic E-state index is 0.0513. The van der Waals surface area contributed by atoms with Crippen LogP contribution in [-0.4, -0.2) is 50.8 Å². The van der Waals surface area contributed by atoms with Crippen molar-refractivity contribution in [1.29, 1.82) is 0 Å². The Hall–Kier alpha value is -2.38. The number of amides is 1. The Bertz CT molecular complexity index is 708. The van der Waals surface area contributed by atoms with Gasteiger partial charge in [-0.05, 0) is 25.0 Å². The maximum absolute atomic E-state index is 12.9. The number of ether oxygens (including phenoxy) is 4. The third-order valence-electron chi connectivity index (χ3n) is 4.51. The van der Waals surface area contributed by atoms with E-state index in [1.165, 1.54) is 7.11 Å². The van der Waals surface area contributed by atoms with Gasteiger partial charge in [-0.15, -0.1) is 0 Å². The molecule has 0 N–H and O–H groups in total. The minimum Gasteiger partial charge on any atom is -0.465 e. The highest BCUT2D eigenvalue weighted by Gasteiger charge is 2.28. The summed E-state index contributed by atoms with van der Waals surface area (Å²) < 4.78 is 21.2. The maximum Gasteiger partial charge on any atom is 0.337 e. The largest absolute Gasteiger partial charge is 0.465 e. The van der Waals surface area contributed by atoms with Gasteiger partial charge in [0, 0.05) is 38.0 Å². The van der Waals surface area contributed by atoms with Gasteiger partial charge in [-0.2, -0.15) is 0 Å². The van der Waals surface area contributed by atoms with Crippen molar-refractivity contribution in [2.24, 2.45) is 5.92 Å². The summed E-state index contributed by atoms with van der Waals surface area (Å²) in [4.78, 5) is 26.4. The van der Waals surface area contributed by atoms with Gasteiger partial charge in [-0.1, -0.05) is 6.07 Å². The first-order valence-corrected chi connectivity index (χ1v) is 8.59. The fourth-order valence-electron chi connectivity index (χ4n) is 3.13. The lowest BCUT2D eigenvalue weighted by molar-refractivity contribution is -0.136. The number of benzene rings is 1. The van der Waals surface area contributed by atoms with Crippen molar-refractivity contribution in [2.75, 3.05) is 34.0 Å². The molecule has 0 aromatic heterocycles. The topological polar surface area (TPSA) is 74.3 Å². The van der Waals surface area contributed by atoms with Crippen LogP contribution in [0.15, 0.2) is 30.2 Å². The molecule has 26 heavy (non-hydrogen) atoms. The Labute approximate surface area is 152 Å². The molecule has 0 saturated carbocycles. The number of carbonyl (C=O) groups is 2. The van der Waals surface area contributed by atoms with Gasteiger partial charge in [0.25, 0.3) is 0 Å². The van der Waals surface area contributed by atoms with Crippen LogP contribution in [0, 0.1) is 5.92 Å². The molecule has 7 nitrogen and oxygen atoms in total. The third kappa shape index (κ3) is 4.05. The molecule has 3 rings (SSSR count). The van der Waals surface area contributed by atoms with Gasteiger partial charge in [-0.3, -0.25) is 4.79 Å². The van der Waals surface area contributed by atoms with E-state index in [0.29, 0.717) is 36.8 Å². The van der Waals surface area contributed by atoms with Gasteiger partial charge in [0.1, 0.15) is 18.1 Å². The molecule has 0 radical (unpaired) electrons. The number of nitrogens with zero attached hydrogens (tertiary/aromatic N) is 1. The number of methoxy groups -OCH3 is 2. The molecule has 0 atom stereocenters. The van der Waals surface area contributed by atoms with Gasteiger partial charge in [0.2, 0.25) is 5.91 Å². The fraction of sp³-hybridized carbons (Fsp3) is 0.474. The molecular formula is C19H23NO6. The fourth-order valence-corrected chi connectivity index (χ4v) is 3.13. The number of carbonyl (C=O) groups excluding carboxylic acids is 2. The zero-order chi connectivity index (χ0) is 18.5. The molecule has 0 bridgehead atoms. The zero-order valence-electron chi connectivity index (χ0n) is 15.0. The van der Waals surface area contributed by atoms with Crippen LogP contribution >= 0.6 is 0 Å². The first-order valence-electron chi connectivity index (χ1n) is 8.59. The van der Waals surface area contributed by atoms with E-state index >= 15 is 0 Å². The van der Waals surface area contributed by atoms with E-state index < -0.39 is 5.97 Å². The second kappa shape index (κ2) is 8.33. The lowest BCUT2D eigenvalue weighted by Crippen LogP contribution is -2.35. The summed E-state index contributed by atoms with van der Waals surface area (Å²) >= 11 is 0. The molecule has 2 heterocycles. The number of rotatable bonds is 4. The molecule has 2 aliphatic heterocycles. The first kappa shape index (κ1) is 18.4. The lowest BCUT2D eigenvalue weighted by atomic mass is 9.98. The van der Waals surface area contributed by atoms with Crippen LogP contribution in [0.5, 0.6) is 5.75 Å². The summed E-state index contributed by atoms with van der Waals surface area (Å²) in [6.45, 7) is 1.81. The smallest absolute Gasteiger partial charge is 0.337 e. The molecule has 140 valence electrons. The molecule has 2 aliphatic rings. The normalized spacial score (nSPS) is 17.6. The minimum atomic E-state index is -0.437. The summed E-state index contributed by atoms with van der Waals surface area (Å²) in [6.07, 6.45) is 3.13. The zero-order valence-corrected chi connectivity index (χ0v) is 15.0. The highest BCUT2D eigenvalue weighted by Crippen LogP contribution is 2.29. The molecule has 1 amide bonds. The van der Waals surface area contributed by atoms with Crippen molar-refractivity contribution in [3.05, 3.63) is 41.3 Å². The molecule has 0 spiro atoms. The highest BCUT2D eigenvalue weighted by atomic mass is 16.5. The van der Waals surface area contributed by atoms with Crippen LogP contribution in [-0.2, 0) is 25.5 Å². The van der Waals surface area contributed by atoms with Crippen molar-refractivity contribution >= 4 is 11.9 Å². The van der Waals surface area contributed by atoms with Gasteiger partial charge in [0.15, 0.2) is 0 Å². The van der Waals surface area contributed by atoms with Crippen LogP contribution in [0.2, 0.25) is 0 Å². The van der Waals surface area contributed by atoms with Gasteiger partial charge in [-0.25, -0.2) is 4.79 Å². The van der Waals surface area contributed by atoms with Crippen molar-refractivity contribution in [1.82, 2.24) is 4.90 Å². The van der Waals surface area contributed by atoms with Crippen LogP contribution < -0.4 is 4.74 Å².